The Labute approximate surface area is 145 Å². The Bertz CT molecular complexity index is 809. The molecule has 1 N–H and O–H groups in total. The lowest BCUT2D eigenvalue weighted by molar-refractivity contribution is -0.116. The Morgan fingerprint density at radius 1 is 1.00 bits per heavy atom. The van der Waals surface area contributed by atoms with Crippen LogP contribution in [0.3, 0.4) is 0 Å². The van der Waals surface area contributed by atoms with E-state index in [1.165, 1.54) is 0 Å². The zero-order chi connectivity index (χ0) is 17.2. The van der Waals surface area contributed by atoms with Gasteiger partial charge in [0.15, 0.2) is 17.3 Å². The summed E-state index contributed by atoms with van der Waals surface area (Å²) in [6.07, 6.45) is 3.00. The molecule has 1 fully saturated rings. The number of ketones is 1. The predicted octanol–water partition coefficient (Wildman–Crippen LogP) is 3.58. The Hall–Kier alpha value is -2.82. The second-order valence-corrected chi connectivity index (χ2v) is 6.45. The molecule has 25 heavy (non-hydrogen) atoms. The largest absolute Gasteiger partial charge is 0.454 e. The van der Waals surface area contributed by atoms with Crippen LogP contribution in [-0.2, 0) is 11.2 Å². The molecule has 1 saturated carbocycles. The van der Waals surface area contributed by atoms with Crippen molar-refractivity contribution >= 4 is 17.4 Å². The molecule has 1 aliphatic heterocycles. The molecule has 0 saturated heterocycles. The van der Waals surface area contributed by atoms with Gasteiger partial charge < -0.3 is 14.8 Å². The van der Waals surface area contributed by atoms with Crippen molar-refractivity contribution in [2.75, 3.05) is 12.1 Å². The smallest absolute Gasteiger partial charge is 0.231 e. The van der Waals surface area contributed by atoms with Crippen molar-refractivity contribution < 1.29 is 19.1 Å². The Kier molecular flexibility index (Phi) is 4.14. The third-order valence-corrected chi connectivity index (χ3v) is 4.48. The fourth-order valence-corrected chi connectivity index (χ4v) is 2.88. The van der Waals surface area contributed by atoms with E-state index in [1.54, 1.807) is 24.3 Å². The van der Waals surface area contributed by atoms with Crippen molar-refractivity contribution in [1.82, 2.24) is 0 Å². The lowest BCUT2D eigenvalue weighted by atomic mass is 10.1. The van der Waals surface area contributed by atoms with E-state index < -0.39 is 0 Å². The van der Waals surface area contributed by atoms with Gasteiger partial charge >= 0.3 is 0 Å². The van der Waals surface area contributed by atoms with Crippen LogP contribution in [0, 0.1) is 5.92 Å². The standard InChI is InChI=1S/C20H19NO4/c22-19(10-2-13-1-9-17-18(11-13)25-12-24-17)21-16-7-5-15(6-8-16)20(23)14-3-4-14/h1,5-9,11,14H,2-4,10,12H2,(H,21,22). The molecule has 0 bridgehead atoms. The molecule has 5 heteroatoms. The summed E-state index contributed by atoms with van der Waals surface area (Å²) in [7, 11) is 0. The van der Waals surface area contributed by atoms with E-state index in [0.717, 1.165) is 35.5 Å². The number of Topliss-reactive ketones (excluding diaryl/α,β-unsaturated/α-hetero) is 1. The van der Waals surface area contributed by atoms with Crippen LogP contribution < -0.4 is 14.8 Å². The van der Waals surface area contributed by atoms with Crippen molar-refractivity contribution in [3.05, 3.63) is 53.6 Å². The topological polar surface area (TPSA) is 64.6 Å². The number of benzene rings is 2. The molecule has 1 amide bonds. The highest BCUT2D eigenvalue weighted by molar-refractivity contribution is 6.00. The molecule has 2 aromatic carbocycles. The van der Waals surface area contributed by atoms with E-state index in [9.17, 15) is 9.59 Å². The van der Waals surface area contributed by atoms with E-state index in [2.05, 4.69) is 5.32 Å². The third kappa shape index (κ3) is 3.65. The van der Waals surface area contributed by atoms with Crippen molar-refractivity contribution in [2.24, 2.45) is 5.92 Å². The Balaban J connectivity index is 1.30. The first-order valence-electron chi connectivity index (χ1n) is 8.52. The second kappa shape index (κ2) is 6.59. The summed E-state index contributed by atoms with van der Waals surface area (Å²) >= 11 is 0. The van der Waals surface area contributed by atoms with Gasteiger partial charge in [-0.05, 0) is 61.2 Å². The van der Waals surface area contributed by atoms with Crippen molar-refractivity contribution in [2.45, 2.75) is 25.7 Å². The summed E-state index contributed by atoms with van der Waals surface area (Å²) in [4.78, 5) is 24.1. The van der Waals surface area contributed by atoms with Crippen LogP contribution in [0.2, 0.25) is 0 Å². The number of amides is 1. The maximum atomic E-state index is 12.1. The van der Waals surface area contributed by atoms with Gasteiger partial charge in [-0.25, -0.2) is 0 Å². The summed E-state index contributed by atoms with van der Waals surface area (Å²) < 4.78 is 10.6. The van der Waals surface area contributed by atoms with Crippen molar-refractivity contribution in [3.8, 4) is 11.5 Å². The fraction of sp³-hybridized carbons (Fsp3) is 0.300. The van der Waals surface area contributed by atoms with E-state index in [1.807, 2.05) is 18.2 Å². The summed E-state index contributed by atoms with van der Waals surface area (Å²) in [6, 6.07) is 12.9. The second-order valence-electron chi connectivity index (χ2n) is 6.45. The van der Waals surface area contributed by atoms with Gasteiger partial charge in [-0.2, -0.15) is 0 Å². The monoisotopic (exact) mass is 337 g/mol. The molecule has 0 spiro atoms. The zero-order valence-electron chi connectivity index (χ0n) is 13.8. The highest BCUT2D eigenvalue weighted by Gasteiger charge is 2.30. The molecule has 5 nitrogen and oxygen atoms in total. The number of hydrogen-bond acceptors (Lipinski definition) is 4. The molecule has 2 aromatic rings. The molecule has 2 aliphatic rings. The van der Waals surface area contributed by atoms with E-state index in [0.29, 0.717) is 18.5 Å². The molecule has 0 radical (unpaired) electrons. The van der Waals surface area contributed by atoms with Gasteiger partial charge in [0.25, 0.3) is 0 Å². The molecule has 1 aliphatic carbocycles. The van der Waals surface area contributed by atoms with Crippen LogP contribution in [0.1, 0.15) is 35.2 Å². The molecule has 0 aromatic heterocycles. The van der Waals surface area contributed by atoms with E-state index in [4.69, 9.17) is 9.47 Å². The lowest BCUT2D eigenvalue weighted by Crippen LogP contribution is -2.12. The Morgan fingerprint density at radius 3 is 2.52 bits per heavy atom. The summed E-state index contributed by atoms with van der Waals surface area (Å²) in [5, 5.41) is 2.87. The van der Waals surface area contributed by atoms with Crippen LogP contribution in [0.25, 0.3) is 0 Å². The quantitative estimate of drug-likeness (QED) is 0.818. The minimum absolute atomic E-state index is 0.0565. The van der Waals surface area contributed by atoms with Gasteiger partial charge in [0.1, 0.15) is 0 Å². The third-order valence-electron chi connectivity index (χ3n) is 4.48. The highest BCUT2D eigenvalue weighted by Crippen LogP contribution is 2.33. The summed E-state index contributed by atoms with van der Waals surface area (Å²) in [5.41, 5.74) is 2.47. The lowest BCUT2D eigenvalue weighted by Gasteiger charge is -2.07. The average molecular weight is 337 g/mol. The Morgan fingerprint density at radius 2 is 1.76 bits per heavy atom. The summed E-state index contributed by atoms with van der Waals surface area (Å²) in [6.45, 7) is 0.249. The predicted molar refractivity (Wildman–Crippen MR) is 93.0 cm³/mol. The SMILES string of the molecule is O=C(CCc1ccc2c(c1)OCO2)Nc1ccc(C(=O)C2CC2)cc1. The fourth-order valence-electron chi connectivity index (χ4n) is 2.88. The van der Waals surface area contributed by atoms with Crippen LogP contribution in [0.4, 0.5) is 5.69 Å². The number of nitrogens with one attached hydrogen (secondary N) is 1. The first-order chi connectivity index (χ1) is 12.2. The van der Waals surface area contributed by atoms with E-state index >= 15 is 0 Å². The van der Waals surface area contributed by atoms with Gasteiger partial charge in [-0.1, -0.05) is 6.07 Å². The van der Waals surface area contributed by atoms with Crippen molar-refractivity contribution in [3.63, 3.8) is 0 Å². The minimum Gasteiger partial charge on any atom is -0.454 e. The van der Waals surface area contributed by atoms with Gasteiger partial charge in [-0.15, -0.1) is 0 Å². The van der Waals surface area contributed by atoms with Gasteiger partial charge in [0.2, 0.25) is 12.7 Å². The van der Waals surface area contributed by atoms with Gasteiger partial charge in [0.05, 0.1) is 0 Å². The number of anilines is 1. The zero-order valence-corrected chi connectivity index (χ0v) is 13.8. The average Bonchev–Trinajstić information content (AvgIpc) is 3.37. The van der Waals surface area contributed by atoms with E-state index in [-0.39, 0.29) is 24.4 Å². The molecular weight excluding hydrogens is 318 g/mol. The maximum Gasteiger partial charge on any atom is 0.231 e. The molecule has 0 unspecified atom stereocenters. The number of carbonyl (C=O) groups excluding carboxylic acids is 2. The molecule has 1 heterocycles. The maximum absolute atomic E-state index is 12.1. The normalized spacial score (nSPS) is 15.0. The summed E-state index contributed by atoms with van der Waals surface area (Å²) in [5.74, 6) is 1.84. The minimum atomic E-state index is -0.0565. The molecule has 4 rings (SSSR count). The van der Waals surface area contributed by atoms with Gasteiger partial charge in [0, 0.05) is 23.6 Å². The highest BCUT2D eigenvalue weighted by atomic mass is 16.7. The molecular formula is C20H19NO4. The van der Waals surface area contributed by atoms with Crippen LogP contribution in [0.5, 0.6) is 11.5 Å². The number of carbonyl (C=O) groups is 2. The number of rotatable bonds is 6. The number of aryl methyl sites for hydroxylation is 1. The first-order valence-corrected chi connectivity index (χ1v) is 8.52. The molecule has 0 atom stereocenters. The number of ether oxygens (including phenoxy) is 2. The molecule has 128 valence electrons. The first kappa shape index (κ1) is 15.7. The van der Waals surface area contributed by atoms with Gasteiger partial charge in [-0.3, -0.25) is 9.59 Å². The van der Waals surface area contributed by atoms with Crippen molar-refractivity contribution in [1.29, 1.82) is 0 Å². The number of fused-ring (bicyclic) bond motifs is 1. The van der Waals surface area contributed by atoms with Crippen LogP contribution >= 0.6 is 0 Å². The van der Waals surface area contributed by atoms with Crippen LogP contribution in [0.15, 0.2) is 42.5 Å². The number of hydrogen-bond donors (Lipinski definition) is 1. The van der Waals surface area contributed by atoms with Crippen LogP contribution in [-0.4, -0.2) is 18.5 Å².